The molecule has 1 aliphatic rings. The largest absolute Gasteiger partial charge is 0.290 e. The molecule has 7 heteroatoms. The van der Waals surface area contributed by atoms with E-state index in [0.29, 0.717) is 43.3 Å². The zero-order chi connectivity index (χ0) is 21.1. The molecule has 30 heavy (non-hydrogen) atoms. The fourth-order valence-electron chi connectivity index (χ4n) is 4.23. The van der Waals surface area contributed by atoms with Crippen molar-refractivity contribution in [1.82, 2.24) is 19.0 Å². The molecule has 4 rings (SSSR count). The Bertz CT molecular complexity index is 1030. The second kappa shape index (κ2) is 8.71. The fraction of sp³-hybridized carbons (Fsp3) is 0.348. The molecule has 0 amide bonds. The summed E-state index contributed by atoms with van der Waals surface area (Å²) in [6.45, 7) is 6.72. The zero-order valence-corrected chi connectivity index (χ0v) is 18.3. The van der Waals surface area contributed by atoms with Crippen LogP contribution in [0.5, 0.6) is 0 Å². The third-order valence-corrected chi connectivity index (χ3v) is 7.85. The highest BCUT2D eigenvalue weighted by atomic mass is 32.2. The molecule has 158 valence electrons. The predicted molar refractivity (Wildman–Crippen MR) is 118 cm³/mol. The van der Waals surface area contributed by atoms with Gasteiger partial charge in [0.1, 0.15) is 4.90 Å². The number of aromatic nitrogens is 2. The lowest BCUT2D eigenvalue weighted by atomic mass is 9.96. The van der Waals surface area contributed by atoms with Gasteiger partial charge < -0.3 is 0 Å². The van der Waals surface area contributed by atoms with Crippen molar-refractivity contribution in [2.75, 3.05) is 26.2 Å². The standard InChI is InChI=1S/C23H28N4O2S/c1-3-27-19(2)22(18-24-27)30(28,29)26-16-14-25(15-17-26)23(20-10-6-4-7-11-20)21-12-8-5-9-13-21/h4-13,18,23H,3,14-17H2,1-2H3. The Morgan fingerprint density at radius 3 is 1.90 bits per heavy atom. The number of rotatable bonds is 6. The molecule has 3 aromatic rings. The summed E-state index contributed by atoms with van der Waals surface area (Å²) in [4.78, 5) is 2.69. The zero-order valence-electron chi connectivity index (χ0n) is 17.5. The van der Waals surface area contributed by atoms with Crippen molar-refractivity contribution in [2.45, 2.75) is 31.3 Å². The fourth-order valence-corrected chi connectivity index (χ4v) is 5.81. The van der Waals surface area contributed by atoms with Gasteiger partial charge in [-0.3, -0.25) is 9.58 Å². The van der Waals surface area contributed by atoms with Crippen LogP contribution in [-0.2, 0) is 16.6 Å². The number of hydrogen-bond donors (Lipinski definition) is 0. The molecule has 2 heterocycles. The van der Waals surface area contributed by atoms with Gasteiger partial charge in [-0.05, 0) is 25.0 Å². The number of benzene rings is 2. The monoisotopic (exact) mass is 424 g/mol. The van der Waals surface area contributed by atoms with Gasteiger partial charge >= 0.3 is 0 Å². The van der Waals surface area contributed by atoms with Crippen LogP contribution in [0.3, 0.4) is 0 Å². The summed E-state index contributed by atoms with van der Waals surface area (Å²) in [6, 6.07) is 20.9. The molecule has 1 saturated heterocycles. The van der Waals surface area contributed by atoms with E-state index < -0.39 is 10.0 Å². The van der Waals surface area contributed by atoms with E-state index >= 15 is 0 Å². The van der Waals surface area contributed by atoms with Crippen LogP contribution in [-0.4, -0.2) is 53.6 Å². The molecular formula is C23H28N4O2S. The van der Waals surface area contributed by atoms with Gasteiger partial charge in [-0.2, -0.15) is 9.40 Å². The average Bonchev–Trinajstić information content (AvgIpc) is 3.17. The van der Waals surface area contributed by atoms with E-state index in [1.807, 2.05) is 26.0 Å². The molecule has 0 bridgehead atoms. The molecular weight excluding hydrogens is 396 g/mol. The SMILES string of the molecule is CCn1ncc(S(=O)(=O)N2CCN(C(c3ccccc3)c3ccccc3)CC2)c1C. The Kier molecular flexibility index (Phi) is 6.04. The Morgan fingerprint density at radius 2 is 1.43 bits per heavy atom. The van der Waals surface area contributed by atoms with Gasteiger partial charge in [0.25, 0.3) is 0 Å². The summed E-state index contributed by atoms with van der Waals surface area (Å²) in [5, 5.41) is 4.22. The van der Waals surface area contributed by atoms with Gasteiger partial charge in [-0.15, -0.1) is 0 Å². The second-order valence-corrected chi connectivity index (χ2v) is 9.48. The van der Waals surface area contributed by atoms with E-state index in [1.54, 1.807) is 8.99 Å². The maximum Gasteiger partial charge on any atom is 0.246 e. The molecule has 0 unspecified atom stereocenters. The van der Waals surface area contributed by atoms with Crippen molar-refractivity contribution < 1.29 is 8.42 Å². The summed E-state index contributed by atoms with van der Waals surface area (Å²) in [6.07, 6.45) is 1.48. The molecule has 1 aliphatic heterocycles. The summed E-state index contributed by atoms with van der Waals surface area (Å²) in [5.74, 6) is 0. The Balaban J connectivity index is 1.56. The van der Waals surface area contributed by atoms with Gasteiger partial charge in [-0.25, -0.2) is 8.42 Å². The van der Waals surface area contributed by atoms with E-state index in [-0.39, 0.29) is 6.04 Å². The maximum atomic E-state index is 13.2. The minimum atomic E-state index is -3.54. The summed E-state index contributed by atoms with van der Waals surface area (Å²) >= 11 is 0. The maximum absolute atomic E-state index is 13.2. The first-order valence-electron chi connectivity index (χ1n) is 10.4. The second-order valence-electron chi connectivity index (χ2n) is 7.57. The smallest absolute Gasteiger partial charge is 0.246 e. The number of sulfonamides is 1. The summed E-state index contributed by atoms with van der Waals surface area (Å²) < 4.78 is 29.7. The quantitative estimate of drug-likeness (QED) is 0.609. The van der Waals surface area contributed by atoms with Crippen LogP contribution < -0.4 is 0 Å². The highest BCUT2D eigenvalue weighted by Gasteiger charge is 2.33. The Labute approximate surface area is 178 Å². The molecule has 0 aliphatic carbocycles. The van der Waals surface area contributed by atoms with Crippen molar-refractivity contribution >= 4 is 10.0 Å². The van der Waals surface area contributed by atoms with Crippen molar-refractivity contribution in [3.05, 3.63) is 83.7 Å². The number of hydrogen-bond acceptors (Lipinski definition) is 4. The third kappa shape index (κ3) is 3.93. The molecule has 0 radical (unpaired) electrons. The topological polar surface area (TPSA) is 58.4 Å². The van der Waals surface area contributed by atoms with Crippen LogP contribution in [0.2, 0.25) is 0 Å². The van der Waals surface area contributed by atoms with Crippen LogP contribution in [0.4, 0.5) is 0 Å². The first kappa shape index (κ1) is 20.8. The summed E-state index contributed by atoms with van der Waals surface area (Å²) in [5.41, 5.74) is 3.14. The van der Waals surface area contributed by atoms with Gasteiger partial charge in [0, 0.05) is 32.7 Å². The van der Waals surface area contributed by atoms with Crippen LogP contribution in [0, 0.1) is 6.92 Å². The van der Waals surface area contributed by atoms with Crippen molar-refractivity contribution in [2.24, 2.45) is 0 Å². The molecule has 0 atom stereocenters. The van der Waals surface area contributed by atoms with Crippen molar-refractivity contribution in [3.8, 4) is 0 Å². The Hall–Kier alpha value is -2.48. The highest BCUT2D eigenvalue weighted by Crippen LogP contribution is 2.30. The van der Waals surface area contributed by atoms with E-state index in [4.69, 9.17) is 0 Å². The van der Waals surface area contributed by atoms with Gasteiger partial charge in [0.2, 0.25) is 10.0 Å². The van der Waals surface area contributed by atoms with Gasteiger partial charge in [0.15, 0.2) is 0 Å². The summed E-state index contributed by atoms with van der Waals surface area (Å²) in [7, 11) is -3.54. The number of piperazine rings is 1. The highest BCUT2D eigenvalue weighted by molar-refractivity contribution is 7.89. The van der Waals surface area contributed by atoms with E-state index in [2.05, 4.69) is 58.5 Å². The van der Waals surface area contributed by atoms with Crippen LogP contribution >= 0.6 is 0 Å². The van der Waals surface area contributed by atoms with Gasteiger partial charge in [0.05, 0.1) is 17.9 Å². The number of nitrogens with zero attached hydrogens (tertiary/aromatic N) is 4. The molecule has 6 nitrogen and oxygen atoms in total. The molecule has 2 aromatic carbocycles. The lowest BCUT2D eigenvalue weighted by molar-refractivity contribution is 0.156. The first-order chi connectivity index (χ1) is 14.5. The normalized spacial score (nSPS) is 16.2. The van der Waals surface area contributed by atoms with Crippen LogP contribution in [0.15, 0.2) is 71.8 Å². The van der Waals surface area contributed by atoms with Crippen molar-refractivity contribution in [3.63, 3.8) is 0 Å². The third-order valence-electron chi connectivity index (χ3n) is 5.84. The van der Waals surface area contributed by atoms with Crippen LogP contribution in [0.25, 0.3) is 0 Å². The lowest BCUT2D eigenvalue weighted by Gasteiger charge is -2.39. The molecule has 1 aromatic heterocycles. The molecule has 0 spiro atoms. The minimum absolute atomic E-state index is 0.113. The van der Waals surface area contributed by atoms with E-state index in [1.165, 1.54) is 17.3 Å². The average molecular weight is 425 g/mol. The Morgan fingerprint density at radius 1 is 0.900 bits per heavy atom. The first-order valence-corrected chi connectivity index (χ1v) is 11.8. The number of aryl methyl sites for hydroxylation is 1. The van der Waals surface area contributed by atoms with E-state index in [0.717, 1.165) is 0 Å². The molecule has 1 fully saturated rings. The predicted octanol–water partition coefficient (Wildman–Crippen LogP) is 3.31. The minimum Gasteiger partial charge on any atom is -0.290 e. The van der Waals surface area contributed by atoms with Gasteiger partial charge in [-0.1, -0.05) is 60.7 Å². The molecule has 0 N–H and O–H groups in total. The van der Waals surface area contributed by atoms with Crippen molar-refractivity contribution in [1.29, 1.82) is 0 Å². The van der Waals surface area contributed by atoms with E-state index in [9.17, 15) is 8.42 Å². The lowest BCUT2D eigenvalue weighted by Crippen LogP contribution is -2.49. The molecule has 0 saturated carbocycles. The van der Waals surface area contributed by atoms with Crippen LogP contribution in [0.1, 0.15) is 29.8 Å².